The molecule has 3 aromatic rings. The van der Waals surface area contributed by atoms with E-state index in [-0.39, 0.29) is 9.22 Å². The molecule has 4 rings (SSSR count). The molecule has 4 nitrogen and oxygen atoms in total. The maximum atomic E-state index is 14.8. The van der Waals surface area contributed by atoms with Gasteiger partial charge in [-0.2, -0.15) is 0 Å². The summed E-state index contributed by atoms with van der Waals surface area (Å²) in [6.45, 7) is 0.717. The smallest absolute Gasteiger partial charge is 0.258 e. The molecule has 2 atom stereocenters. The molecule has 0 amide bonds. The number of hydrogen-bond acceptors (Lipinski definition) is 3. The Morgan fingerprint density at radius 1 is 1.21 bits per heavy atom. The van der Waals surface area contributed by atoms with Crippen LogP contribution in [-0.2, 0) is 6.54 Å². The molecular formula is C21H22FIN3OP. The van der Waals surface area contributed by atoms with Crippen LogP contribution >= 0.6 is 31.8 Å². The number of hydrogen-bond donors (Lipinski definition) is 0. The van der Waals surface area contributed by atoms with Crippen molar-refractivity contribution in [2.45, 2.75) is 42.3 Å². The van der Waals surface area contributed by atoms with Crippen LogP contribution in [0.4, 0.5) is 4.39 Å². The lowest BCUT2D eigenvalue weighted by Gasteiger charge is -2.22. The van der Waals surface area contributed by atoms with Crippen LogP contribution in [0.25, 0.3) is 22.2 Å². The van der Waals surface area contributed by atoms with Gasteiger partial charge in [-0.1, -0.05) is 41.9 Å². The largest absolute Gasteiger partial charge is 0.315 e. The van der Waals surface area contributed by atoms with E-state index in [1.54, 1.807) is 23.0 Å². The van der Waals surface area contributed by atoms with Crippen molar-refractivity contribution in [2.75, 3.05) is 0 Å². The first-order chi connectivity index (χ1) is 13.5. The summed E-state index contributed by atoms with van der Waals surface area (Å²) < 4.78 is 16.7. The lowest BCUT2D eigenvalue weighted by Crippen LogP contribution is -2.24. The van der Waals surface area contributed by atoms with Crippen molar-refractivity contribution in [2.24, 2.45) is 5.92 Å². The average Bonchev–Trinajstić information content (AvgIpc) is 2.71. The van der Waals surface area contributed by atoms with Crippen molar-refractivity contribution < 1.29 is 4.39 Å². The molecule has 0 saturated heterocycles. The van der Waals surface area contributed by atoms with Crippen LogP contribution in [0.3, 0.4) is 0 Å². The number of pyridine rings is 1. The van der Waals surface area contributed by atoms with Gasteiger partial charge in [0.15, 0.2) is 5.82 Å². The Hall–Kier alpha value is -1.40. The fraction of sp³-hybridized carbons (Fsp3) is 0.381. The minimum absolute atomic E-state index is 0.124. The van der Waals surface area contributed by atoms with Crippen molar-refractivity contribution in [1.82, 2.24) is 14.5 Å². The zero-order chi connectivity index (χ0) is 19.7. The highest BCUT2D eigenvalue weighted by molar-refractivity contribution is 14.1. The Morgan fingerprint density at radius 3 is 2.61 bits per heavy atom. The highest BCUT2D eigenvalue weighted by Gasteiger charge is 2.17. The van der Waals surface area contributed by atoms with E-state index in [1.807, 2.05) is 12.3 Å². The fourth-order valence-corrected chi connectivity index (χ4v) is 4.38. The van der Waals surface area contributed by atoms with Gasteiger partial charge in [-0.05, 0) is 42.3 Å². The van der Waals surface area contributed by atoms with Crippen LogP contribution in [0.1, 0.15) is 41.3 Å². The van der Waals surface area contributed by atoms with Gasteiger partial charge >= 0.3 is 0 Å². The van der Waals surface area contributed by atoms with Gasteiger partial charge in [0.1, 0.15) is 5.82 Å². The zero-order valence-electron chi connectivity index (χ0n) is 15.4. The minimum atomic E-state index is -0.468. The highest BCUT2D eigenvalue weighted by atomic mass is 127. The minimum Gasteiger partial charge on any atom is -0.315 e. The lowest BCUT2D eigenvalue weighted by molar-refractivity contribution is 0.316. The lowest BCUT2D eigenvalue weighted by atomic mass is 9.89. The van der Waals surface area contributed by atoms with Gasteiger partial charge in [-0.15, -0.1) is 9.24 Å². The molecule has 2 aromatic heterocycles. The standard InChI is InChI=1S/C21H22FIN3OP/c22-18-9-16-14(8-17(18)20-24-10-15(11-25-20)19(23)28)6-7-26(21(16)27)12-13-4-2-1-3-5-13/h6-11,13,19H,1-5,12,28H2. The molecule has 2 unspecified atom stereocenters. The van der Waals surface area contributed by atoms with Gasteiger partial charge in [0, 0.05) is 30.7 Å². The van der Waals surface area contributed by atoms with Crippen molar-refractivity contribution in [3.8, 4) is 11.4 Å². The maximum Gasteiger partial charge on any atom is 0.258 e. The van der Waals surface area contributed by atoms with E-state index < -0.39 is 5.82 Å². The van der Waals surface area contributed by atoms with E-state index in [0.29, 0.717) is 28.1 Å². The summed E-state index contributed by atoms with van der Waals surface area (Å²) in [6.07, 6.45) is 11.3. The molecule has 0 aliphatic heterocycles. The molecule has 1 aromatic carbocycles. The predicted octanol–water partition coefficient (Wildman–Crippen LogP) is 5.49. The van der Waals surface area contributed by atoms with Gasteiger partial charge in [-0.3, -0.25) is 4.79 Å². The topological polar surface area (TPSA) is 47.8 Å². The first-order valence-electron chi connectivity index (χ1n) is 9.57. The van der Waals surface area contributed by atoms with Crippen LogP contribution in [0, 0.1) is 11.7 Å². The summed E-state index contributed by atoms with van der Waals surface area (Å²) in [5.74, 6) is 0.402. The Balaban J connectivity index is 1.69. The molecule has 28 heavy (non-hydrogen) atoms. The number of benzene rings is 1. The molecule has 0 spiro atoms. The Morgan fingerprint density at radius 2 is 1.93 bits per heavy atom. The number of halogens is 2. The zero-order valence-corrected chi connectivity index (χ0v) is 18.8. The van der Waals surface area contributed by atoms with Crippen LogP contribution in [0.2, 0.25) is 0 Å². The molecule has 1 aliphatic rings. The summed E-state index contributed by atoms with van der Waals surface area (Å²) in [4.78, 5) is 21.5. The average molecular weight is 509 g/mol. The summed E-state index contributed by atoms with van der Waals surface area (Å²) in [5.41, 5.74) is 1.15. The van der Waals surface area contributed by atoms with Gasteiger partial charge in [0.25, 0.3) is 5.56 Å². The molecule has 0 N–H and O–H groups in total. The van der Waals surface area contributed by atoms with E-state index in [1.165, 1.54) is 38.2 Å². The maximum absolute atomic E-state index is 14.8. The van der Waals surface area contributed by atoms with E-state index in [9.17, 15) is 9.18 Å². The summed E-state index contributed by atoms with van der Waals surface area (Å²) in [6, 6.07) is 4.90. The summed E-state index contributed by atoms with van der Waals surface area (Å²) >= 11 is 2.25. The van der Waals surface area contributed by atoms with Crippen molar-refractivity contribution in [3.05, 3.63) is 58.5 Å². The Labute approximate surface area is 179 Å². The van der Waals surface area contributed by atoms with E-state index in [4.69, 9.17) is 0 Å². The van der Waals surface area contributed by atoms with Crippen LogP contribution in [-0.4, -0.2) is 14.5 Å². The third-order valence-corrected chi connectivity index (χ3v) is 6.58. The second-order valence-electron chi connectivity index (χ2n) is 7.44. The molecule has 1 saturated carbocycles. The SMILES string of the molecule is O=c1c2cc(F)c(-c3ncc(C(P)I)cn3)cc2ccn1CC1CCCCC1. The van der Waals surface area contributed by atoms with E-state index in [0.717, 1.165) is 12.1 Å². The van der Waals surface area contributed by atoms with Gasteiger partial charge in [0.05, 0.1) is 14.6 Å². The molecule has 7 heteroatoms. The number of alkyl halides is 1. The molecule has 0 bridgehead atoms. The Bertz CT molecular complexity index is 1050. The van der Waals surface area contributed by atoms with Crippen LogP contribution in [0.15, 0.2) is 41.6 Å². The molecule has 1 fully saturated rings. The van der Waals surface area contributed by atoms with E-state index >= 15 is 0 Å². The third kappa shape index (κ3) is 4.13. The second-order valence-corrected chi connectivity index (χ2v) is 10.8. The third-order valence-electron chi connectivity index (χ3n) is 5.48. The van der Waals surface area contributed by atoms with Crippen LogP contribution in [0.5, 0.6) is 0 Å². The summed E-state index contributed by atoms with van der Waals surface area (Å²) in [7, 11) is 2.67. The second kappa shape index (κ2) is 8.54. The molecule has 1 aliphatic carbocycles. The van der Waals surface area contributed by atoms with Gasteiger partial charge < -0.3 is 4.57 Å². The molecule has 0 radical (unpaired) electrons. The van der Waals surface area contributed by atoms with Gasteiger partial charge in [0.2, 0.25) is 0 Å². The normalized spacial score (nSPS) is 16.4. The number of fused-ring (bicyclic) bond motifs is 1. The first kappa shape index (κ1) is 19.9. The number of rotatable bonds is 4. The highest BCUT2D eigenvalue weighted by Crippen LogP contribution is 2.30. The van der Waals surface area contributed by atoms with Crippen molar-refractivity contribution in [3.63, 3.8) is 0 Å². The number of aromatic nitrogens is 3. The molecular weight excluding hydrogens is 487 g/mol. The first-order valence-corrected chi connectivity index (χ1v) is 11.5. The van der Waals surface area contributed by atoms with Crippen molar-refractivity contribution >= 4 is 42.6 Å². The molecule has 2 heterocycles. The fourth-order valence-electron chi connectivity index (χ4n) is 3.89. The van der Waals surface area contributed by atoms with E-state index in [2.05, 4.69) is 41.8 Å². The number of nitrogens with zero attached hydrogens (tertiary/aromatic N) is 3. The summed E-state index contributed by atoms with van der Waals surface area (Å²) in [5, 5.41) is 1.13. The van der Waals surface area contributed by atoms with Gasteiger partial charge in [-0.25, -0.2) is 14.4 Å². The van der Waals surface area contributed by atoms with Crippen LogP contribution < -0.4 is 5.56 Å². The Kier molecular flexibility index (Phi) is 6.07. The monoisotopic (exact) mass is 509 g/mol. The van der Waals surface area contributed by atoms with Crippen molar-refractivity contribution in [1.29, 1.82) is 0 Å². The predicted molar refractivity (Wildman–Crippen MR) is 122 cm³/mol. The molecule has 146 valence electrons. The quantitative estimate of drug-likeness (QED) is 0.266.